The predicted molar refractivity (Wildman–Crippen MR) is 188 cm³/mol. The van der Waals surface area contributed by atoms with E-state index in [0.717, 1.165) is 11.1 Å². The first-order valence-corrected chi connectivity index (χ1v) is 17.0. The molecule has 2 heterocycles. The lowest BCUT2D eigenvalue weighted by Crippen LogP contribution is -2.40. The van der Waals surface area contributed by atoms with Crippen LogP contribution in [0, 0.1) is 0 Å². The van der Waals surface area contributed by atoms with E-state index < -0.39 is 12.0 Å². The third-order valence-electron chi connectivity index (χ3n) is 7.33. The Hall–Kier alpha value is -4.25. The minimum absolute atomic E-state index is 0.0777. The molecule has 0 spiro atoms. The zero-order valence-corrected chi connectivity index (χ0v) is 29.8. The van der Waals surface area contributed by atoms with Gasteiger partial charge >= 0.3 is 5.97 Å². The van der Waals surface area contributed by atoms with Crippen molar-refractivity contribution in [3.05, 3.63) is 112 Å². The molecule has 252 valence electrons. The number of allylic oxidation sites excluding steroid dienone is 1. The van der Waals surface area contributed by atoms with Crippen molar-refractivity contribution in [2.45, 2.75) is 53.4 Å². The molecule has 9 nitrogen and oxygen atoms in total. The summed E-state index contributed by atoms with van der Waals surface area (Å²) >= 11 is 13.4. The van der Waals surface area contributed by atoms with Crippen molar-refractivity contribution in [3.63, 3.8) is 0 Å². The summed E-state index contributed by atoms with van der Waals surface area (Å²) in [6, 6.07) is 15.4. The van der Waals surface area contributed by atoms with E-state index in [1.807, 2.05) is 45.0 Å². The van der Waals surface area contributed by atoms with Gasteiger partial charge in [0.1, 0.15) is 6.61 Å². The van der Waals surface area contributed by atoms with Crippen LogP contribution in [0.25, 0.3) is 6.08 Å². The van der Waals surface area contributed by atoms with E-state index in [0.29, 0.717) is 60.2 Å². The first kappa shape index (κ1) is 35.1. The summed E-state index contributed by atoms with van der Waals surface area (Å²) in [6.07, 6.45) is 1.70. The van der Waals surface area contributed by atoms with Crippen molar-refractivity contribution in [2.75, 3.05) is 20.3 Å². The van der Waals surface area contributed by atoms with Gasteiger partial charge < -0.3 is 23.7 Å². The Morgan fingerprint density at radius 1 is 0.958 bits per heavy atom. The molecule has 0 radical (unpaired) electrons. The van der Waals surface area contributed by atoms with Gasteiger partial charge in [0, 0.05) is 0 Å². The van der Waals surface area contributed by atoms with Gasteiger partial charge in [-0.1, -0.05) is 52.7 Å². The summed E-state index contributed by atoms with van der Waals surface area (Å²) in [5.74, 6) is 1.54. The zero-order chi connectivity index (χ0) is 34.5. The molecule has 3 aromatic carbocycles. The molecule has 1 atom stereocenters. The standard InChI is InChI=1S/C36H36Cl2N2O7S/c1-7-44-30-16-22(10-13-27(30)46-19-23-9-12-25(37)26(38)15-23)17-31-34(41)40-33(24-11-14-28(47-20(3)4)29(18-24)43-6)32(35(42)45-8-2)21(5)39-36(40)48-31/h9-18,20,33H,7-8,19H2,1-6H3/b31-17-/t33-/m1/s1. The van der Waals surface area contributed by atoms with Crippen LogP contribution in [-0.2, 0) is 16.1 Å². The fourth-order valence-electron chi connectivity index (χ4n) is 5.26. The van der Waals surface area contributed by atoms with Crippen LogP contribution in [0.4, 0.5) is 0 Å². The van der Waals surface area contributed by atoms with E-state index >= 15 is 0 Å². The number of carbonyl (C=O) groups is 1. The lowest BCUT2D eigenvalue weighted by molar-refractivity contribution is -0.139. The van der Waals surface area contributed by atoms with Gasteiger partial charge in [0.05, 0.1) is 58.3 Å². The minimum Gasteiger partial charge on any atom is -0.493 e. The Morgan fingerprint density at radius 2 is 1.73 bits per heavy atom. The van der Waals surface area contributed by atoms with Gasteiger partial charge in [-0.25, -0.2) is 9.79 Å². The maximum absolute atomic E-state index is 14.2. The highest BCUT2D eigenvalue weighted by Crippen LogP contribution is 2.37. The van der Waals surface area contributed by atoms with E-state index in [1.165, 1.54) is 15.9 Å². The van der Waals surface area contributed by atoms with Crippen molar-refractivity contribution in [3.8, 4) is 23.0 Å². The lowest BCUT2D eigenvalue weighted by atomic mass is 9.95. The van der Waals surface area contributed by atoms with E-state index in [4.69, 9.17) is 46.9 Å². The Labute approximate surface area is 292 Å². The second kappa shape index (κ2) is 15.3. The van der Waals surface area contributed by atoms with Gasteiger partial charge in [-0.3, -0.25) is 9.36 Å². The molecule has 0 saturated heterocycles. The number of ether oxygens (including phenoxy) is 5. The van der Waals surface area contributed by atoms with Crippen molar-refractivity contribution in [1.82, 2.24) is 4.57 Å². The van der Waals surface area contributed by atoms with Crippen LogP contribution in [0.3, 0.4) is 0 Å². The fourth-order valence-corrected chi connectivity index (χ4v) is 6.62. The molecule has 1 aliphatic rings. The molecule has 5 rings (SSSR count). The number of hydrogen-bond acceptors (Lipinski definition) is 9. The molecule has 12 heteroatoms. The van der Waals surface area contributed by atoms with Crippen LogP contribution in [0.15, 0.2) is 75.7 Å². The number of methoxy groups -OCH3 is 1. The maximum Gasteiger partial charge on any atom is 0.338 e. The number of rotatable bonds is 12. The molecular formula is C36H36Cl2N2O7S. The minimum atomic E-state index is -0.805. The third-order valence-corrected chi connectivity index (χ3v) is 9.05. The largest absolute Gasteiger partial charge is 0.493 e. The normalized spacial score (nSPS) is 14.4. The molecule has 4 aromatic rings. The van der Waals surface area contributed by atoms with Crippen LogP contribution in [0.1, 0.15) is 57.4 Å². The summed E-state index contributed by atoms with van der Waals surface area (Å²) in [5, 5.41) is 0.917. The van der Waals surface area contributed by atoms with Crippen molar-refractivity contribution in [2.24, 2.45) is 4.99 Å². The Balaban J connectivity index is 1.57. The first-order valence-electron chi connectivity index (χ1n) is 15.4. The molecule has 0 amide bonds. The number of halogens is 2. The molecule has 48 heavy (non-hydrogen) atoms. The summed E-state index contributed by atoms with van der Waals surface area (Å²) < 4.78 is 30.9. The number of hydrogen-bond donors (Lipinski definition) is 0. The van der Waals surface area contributed by atoms with Crippen LogP contribution in [0.5, 0.6) is 23.0 Å². The van der Waals surface area contributed by atoms with E-state index in [2.05, 4.69) is 4.99 Å². The van der Waals surface area contributed by atoms with Gasteiger partial charge in [0.25, 0.3) is 5.56 Å². The van der Waals surface area contributed by atoms with Gasteiger partial charge in [-0.15, -0.1) is 0 Å². The topological polar surface area (TPSA) is 97.6 Å². The smallest absolute Gasteiger partial charge is 0.338 e. The highest BCUT2D eigenvalue weighted by Gasteiger charge is 2.34. The molecule has 0 unspecified atom stereocenters. The first-order chi connectivity index (χ1) is 23.0. The zero-order valence-electron chi connectivity index (χ0n) is 27.5. The monoisotopic (exact) mass is 710 g/mol. The second-order valence-corrected chi connectivity index (χ2v) is 12.9. The van der Waals surface area contributed by atoms with Crippen molar-refractivity contribution < 1.29 is 28.5 Å². The molecule has 1 aliphatic heterocycles. The van der Waals surface area contributed by atoms with Gasteiger partial charge in [0.2, 0.25) is 0 Å². The number of benzene rings is 3. The Kier molecular flexibility index (Phi) is 11.2. The number of thiazole rings is 1. The van der Waals surface area contributed by atoms with E-state index in [1.54, 1.807) is 57.4 Å². The SMILES string of the molecule is CCOC(=O)C1=C(C)N=c2s/c(=C\c3ccc(OCc4ccc(Cl)c(Cl)c4)c(OCC)c3)c(=O)n2[C@@H]1c1ccc(OC(C)C)c(OC)c1. The highest BCUT2D eigenvalue weighted by molar-refractivity contribution is 7.07. The van der Waals surface area contributed by atoms with Crippen LogP contribution < -0.4 is 33.8 Å². The van der Waals surface area contributed by atoms with Crippen molar-refractivity contribution >= 4 is 46.6 Å². The molecule has 0 N–H and O–H groups in total. The average molecular weight is 712 g/mol. The predicted octanol–water partition coefficient (Wildman–Crippen LogP) is 6.88. The summed E-state index contributed by atoms with van der Waals surface area (Å²) in [4.78, 5) is 32.6. The average Bonchev–Trinajstić information content (AvgIpc) is 3.35. The molecule has 1 aromatic heterocycles. The maximum atomic E-state index is 14.2. The fraction of sp³-hybridized carbons (Fsp3) is 0.306. The number of esters is 1. The number of carbonyl (C=O) groups excluding carboxylic acids is 1. The lowest BCUT2D eigenvalue weighted by Gasteiger charge is -2.25. The number of aromatic nitrogens is 1. The van der Waals surface area contributed by atoms with Crippen LogP contribution in [0.2, 0.25) is 10.0 Å². The molecular weight excluding hydrogens is 675 g/mol. The van der Waals surface area contributed by atoms with Gasteiger partial charge in [0.15, 0.2) is 27.8 Å². The summed E-state index contributed by atoms with van der Waals surface area (Å²) in [7, 11) is 1.55. The van der Waals surface area contributed by atoms with Crippen LogP contribution in [-0.4, -0.2) is 37.0 Å². The van der Waals surface area contributed by atoms with Gasteiger partial charge in [-0.05, 0) is 93.8 Å². The Bertz CT molecular complexity index is 2050. The summed E-state index contributed by atoms with van der Waals surface area (Å²) in [5.41, 5.74) is 2.66. The van der Waals surface area contributed by atoms with E-state index in [9.17, 15) is 9.59 Å². The van der Waals surface area contributed by atoms with E-state index in [-0.39, 0.29) is 30.5 Å². The number of fused-ring (bicyclic) bond motifs is 1. The number of nitrogens with zero attached hydrogens (tertiary/aromatic N) is 2. The quantitative estimate of drug-likeness (QED) is 0.148. The second-order valence-electron chi connectivity index (χ2n) is 11.1. The molecule has 0 fully saturated rings. The molecule has 0 bridgehead atoms. The highest BCUT2D eigenvalue weighted by atomic mass is 35.5. The van der Waals surface area contributed by atoms with Crippen LogP contribution >= 0.6 is 34.5 Å². The van der Waals surface area contributed by atoms with Gasteiger partial charge in [-0.2, -0.15) is 0 Å². The molecule has 0 saturated carbocycles. The van der Waals surface area contributed by atoms with Crippen molar-refractivity contribution in [1.29, 1.82) is 0 Å². The molecule has 0 aliphatic carbocycles. The third kappa shape index (κ3) is 7.56. The summed E-state index contributed by atoms with van der Waals surface area (Å²) in [6.45, 7) is 10.0. The Morgan fingerprint density at radius 3 is 2.42 bits per heavy atom.